The Balaban J connectivity index is 2.76. The molecule has 1 atom stereocenters. The molecule has 1 rings (SSSR count). The van der Waals surface area contributed by atoms with Crippen molar-refractivity contribution in [3.63, 3.8) is 0 Å². The molecule has 0 heterocycles. The maximum absolute atomic E-state index is 13.6. The van der Waals surface area contributed by atoms with E-state index in [4.69, 9.17) is 15.2 Å². The van der Waals surface area contributed by atoms with Gasteiger partial charge in [-0.05, 0) is 13.3 Å². The molecule has 0 aliphatic heterocycles. The predicted octanol–water partition coefficient (Wildman–Crippen LogP) is 2.25. The van der Waals surface area contributed by atoms with Gasteiger partial charge in [0.05, 0.1) is 18.5 Å². The van der Waals surface area contributed by atoms with Crippen molar-refractivity contribution in [2.45, 2.75) is 19.4 Å². The number of ether oxygens (including phenoxy) is 2. The van der Waals surface area contributed by atoms with E-state index in [1.165, 1.54) is 13.2 Å². The molecule has 5 heteroatoms. The van der Waals surface area contributed by atoms with Crippen LogP contribution in [0.25, 0.3) is 0 Å². The Kier molecular flexibility index (Phi) is 5.03. The summed E-state index contributed by atoms with van der Waals surface area (Å²) in [6, 6.07) is 2.93. The zero-order valence-electron chi connectivity index (χ0n) is 10.4. The minimum Gasteiger partial charge on any atom is -0.495 e. The summed E-state index contributed by atoms with van der Waals surface area (Å²) in [5.74, 6) is 0.0837. The molecule has 0 radical (unpaired) electrons. The zero-order chi connectivity index (χ0) is 12.8. The molecule has 0 bridgehead atoms. The first kappa shape index (κ1) is 13.6. The van der Waals surface area contributed by atoms with Crippen LogP contribution in [0.1, 0.15) is 13.3 Å². The summed E-state index contributed by atoms with van der Waals surface area (Å²) in [6.45, 7) is 2.59. The highest BCUT2D eigenvalue weighted by Gasteiger charge is 2.10. The summed E-state index contributed by atoms with van der Waals surface area (Å²) in [5, 5.41) is 3.06. The lowest BCUT2D eigenvalue weighted by atomic mass is 10.2. The van der Waals surface area contributed by atoms with Crippen LogP contribution in [0.3, 0.4) is 0 Å². The first-order valence-electron chi connectivity index (χ1n) is 5.47. The number of nitrogen functional groups attached to an aromatic ring is 1. The van der Waals surface area contributed by atoms with Crippen molar-refractivity contribution < 1.29 is 13.9 Å². The number of nitrogens with one attached hydrogen (secondary N) is 1. The smallest absolute Gasteiger partial charge is 0.148 e. The fourth-order valence-electron chi connectivity index (χ4n) is 1.49. The van der Waals surface area contributed by atoms with E-state index in [2.05, 4.69) is 5.32 Å². The van der Waals surface area contributed by atoms with Gasteiger partial charge in [0.2, 0.25) is 0 Å². The van der Waals surface area contributed by atoms with E-state index < -0.39 is 0 Å². The van der Waals surface area contributed by atoms with E-state index in [-0.39, 0.29) is 11.9 Å². The Labute approximate surface area is 101 Å². The third-order valence-electron chi connectivity index (χ3n) is 2.48. The highest BCUT2D eigenvalue weighted by molar-refractivity contribution is 5.62. The lowest BCUT2D eigenvalue weighted by Gasteiger charge is -2.16. The second kappa shape index (κ2) is 6.30. The zero-order valence-corrected chi connectivity index (χ0v) is 10.4. The Bertz CT molecular complexity index is 372. The lowest BCUT2D eigenvalue weighted by Crippen LogP contribution is -2.18. The normalized spacial score (nSPS) is 12.2. The monoisotopic (exact) mass is 242 g/mol. The number of benzene rings is 1. The first-order valence-corrected chi connectivity index (χ1v) is 5.47. The van der Waals surface area contributed by atoms with Gasteiger partial charge in [-0.3, -0.25) is 0 Å². The molecular weight excluding hydrogens is 223 g/mol. The van der Waals surface area contributed by atoms with Crippen LogP contribution in [-0.4, -0.2) is 26.9 Å². The minimum atomic E-state index is -0.382. The minimum absolute atomic E-state index is 0.109. The van der Waals surface area contributed by atoms with Crippen LogP contribution in [0.5, 0.6) is 5.75 Å². The van der Waals surface area contributed by atoms with Crippen molar-refractivity contribution in [3.05, 3.63) is 17.9 Å². The molecule has 0 aliphatic rings. The van der Waals surface area contributed by atoms with Gasteiger partial charge in [0.15, 0.2) is 0 Å². The van der Waals surface area contributed by atoms with E-state index in [0.29, 0.717) is 23.7 Å². The van der Waals surface area contributed by atoms with E-state index >= 15 is 0 Å². The number of hydrogen-bond acceptors (Lipinski definition) is 4. The molecule has 0 saturated carbocycles. The van der Waals surface area contributed by atoms with Gasteiger partial charge in [0.1, 0.15) is 11.6 Å². The summed E-state index contributed by atoms with van der Waals surface area (Å²) in [4.78, 5) is 0. The fourth-order valence-corrected chi connectivity index (χ4v) is 1.49. The topological polar surface area (TPSA) is 56.5 Å². The quantitative estimate of drug-likeness (QED) is 0.751. The molecule has 0 saturated heterocycles. The number of nitrogens with two attached hydrogens (primary N) is 1. The van der Waals surface area contributed by atoms with Gasteiger partial charge in [-0.2, -0.15) is 0 Å². The molecule has 17 heavy (non-hydrogen) atoms. The van der Waals surface area contributed by atoms with Gasteiger partial charge in [-0.15, -0.1) is 0 Å². The van der Waals surface area contributed by atoms with Crippen LogP contribution in [0.2, 0.25) is 0 Å². The number of rotatable bonds is 6. The Morgan fingerprint density at radius 2 is 2.12 bits per heavy atom. The highest BCUT2D eigenvalue weighted by Crippen LogP contribution is 2.28. The molecule has 0 spiro atoms. The fraction of sp³-hybridized carbons (Fsp3) is 0.500. The van der Waals surface area contributed by atoms with Gasteiger partial charge in [-0.1, -0.05) is 0 Å². The summed E-state index contributed by atoms with van der Waals surface area (Å²) in [7, 11) is 3.14. The van der Waals surface area contributed by atoms with Gasteiger partial charge in [-0.25, -0.2) is 4.39 Å². The van der Waals surface area contributed by atoms with Crippen LogP contribution in [0.15, 0.2) is 12.1 Å². The molecule has 0 aliphatic carbocycles. The van der Waals surface area contributed by atoms with E-state index in [0.717, 1.165) is 6.42 Å². The SMILES string of the molecule is COCCC(C)Nc1cc(OC)c(N)cc1F. The maximum atomic E-state index is 13.6. The van der Waals surface area contributed by atoms with Crippen molar-refractivity contribution in [1.29, 1.82) is 0 Å². The Morgan fingerprint density at radius 1 is 1.41 bits per heavy atom. The molecule has 3 N–H and O–H groups in total. The summed E-state index contributed by atoms with van der Waals surface area (Å²) in [6.07, 6.45) is 0.794. The third-order valence-corrected chi connectivity index (χ3v) is 2.48. The van der Waals surface area contributed by atoms with Crippen molar-refractivity contribution in [3.8, 4) is 5.75 Å². The molecule has 1 unspecified atom stereocenters. The van der Waals surface area contributed by atoms with E-state index in [1.54, 1.807) is 13.2 Å². The molecule has 0 aromatic heterocycles. The second-order valence-electron chi connectivity index (χ2n) is 3.90. The van der Waals surface area contributed by atoms with Crippen LogP contribution in [0, 0.1) is 5.82 Å². The van der Waals surface area contributed by atoms with Crippen molar-refractivity contribution in [1.82, 2.24) is 0 Å². The molecule has 0 amide bonds. The van der Waals surface area contributed by atoms with Crippen molar-refractivity contribution >= 4 is 11.4 Å². The van der Waals surface area contributed by atoms with E-state index in [9.17, 15) is 4.39 Å². The molecule has 0 fully saturated rings. The van der Waals surface area contributed by atoms with Crippen LogP contribution >= 0.6 is 0 Å². The van der Waals surface area contributed by atoms with Gasteiger partial charge in [0, 0.05) is 31.9 Å². The Hall–Kier alpha value is -1.49. The number of hydrogen-bond donors (Lipinski definition) is 2. The van der Waals surface area contributed by atoms with Crippen LogP contribution in [-0.2, 0) is 4.74 Å². The van der Waals surface area contributed by atoms with Crippen LogP contribution in [0.4, 0.5) is 15.8 Å². The molecule has 1 aromatic carbocycles. The number of halogens is 1. The average Bonchev–Trinajstić information content (AvgIpc) is 2.30. The van der Waals surface area contributed by atoms with Crippen LogP contribution < -0.4 is 15.8 Å². The summed E-state index contributed by atoms with van der Waals surface area (Å²) < 4.78 is 23.6. The predicted molar refractivity (Wildman–Crippen MR) is 66.9 cm³/mol. The third kappa shape index (κ3) is 3.78. The van der Waals surface area contributed by atoms with Gasteiger partial charge in [0.25, 0.3) is 0 Å². The maximum Gasteiger partial charge on any atom is 0.148 e. The molecule has 4 nitrogen and oxygen atoms in total. The van der Waals surface area contributed by atoms with Gasteiger partial charge >= 0.3 is 0 Å². The lowest BCUT2D eigenvalue weighted by molar-refractivity contribution is 0.191. The van der Waals surface area contributed by atoms with Crippen molar-refractivity contribution in [2.75, 3.05) is 31.9 Å². The van der Waals surface area contributed by atoms with Crippen molar-refractivity contribution in [2.24, 2.45) is 0 Å². The van der Waals surface area contributed by atoms with E-state index in [1.807, 2.05) is 6.92 Å². The molecular formula is C12H19FN2O2. The first-order chi connectivity index (χ1) is 8.08. The summed E-state index contributed by atoms with van der Waals surface area (Å²) in [5.41, 5.74) is 6.28. The summed E-state index contributed by atoms with van der Waals surface area (Å²) >= 11 is 0. The Morgan fingerprint density at radius 3 is 2.71 bits per heavy atom. The highest BCUT2D eigenvalue weighted by atomic mass is 19.1. The molecule has 96 valence electrons. The second-order valence-corrected chi connectivity index (χ2v) is 3.90. The number of methoxy groups -OCH3 is 2. The standard InChI is InChI=1S/C12H19FN2O2/c1-8(4-5-16-2)15-11-7-12(17-3)10(14)6-9(11)13/h6-8,15H,4-5,14H2,1-3H3. The molecule has 1 aromatic rings. The van der Waals surface area contributed by atoms with Gasteiger partial charge < -0.3 is 20.5 Å². The average molecular weight is 242 g/mol. The largest absolute Gasteiger partial charge is 0.495 e. The number of anilines is 2.